The number of nitrogens with zero attached hydrogens (tertiary/aromatic N) is 2. The lowest BCUT2D eigenvalue weighted by atomic mass is 9.68. The summed E-state index contributed by atoms with van der Waals surface area (Å²) in [5.41, 5.74) is 4.10. The highest BCUT2D eigenvalue weighted by molar-refractivity contribution is 9.10. The number of hydrogen-bond acceptors (Lipinski definition) is 4. The molecule has 1 saturated carbocycles. The van der Waals surface area contributed by atoms with E-state index in [-0.39, 0.29) is 11.6 Å². The van der Waals surface area contributed by atoms with Gasteiger partial charge in [0.2, 0.25) is 0 Å². The van der Waals surface area contributed by atoms with Gasteiger partial charge in [0.1, 0.15) is 0 Å². The molecule has 1 aliphatic rings. The van der Waals surface area contributed by atoms with Gasteiger partial charge in [-0.15, -0.1) is 0 Å². The van der Waals surface area contributed by atoms with Crippen molar-refractivity contribution < 1.29 is 4.74 Å². The predicted octanol–water partition coefficient (Wildman–Crippen LogP) is 2.67. The smallest absolute Gasteiger partial charge is 0.0929 e. The molecule has 1 atom stereocenters. The SMILES string of the molecule is COC1(C(NN)c2c(Br)cnn2C)CCC(C)(C)CC1. The number of hydrogen-bond donors (Lipinski definition) is 2. The maximum absolute atomic E-state index is 5.95. The van der Waals surface area contributed by atoms with Crippen LogP contribution in [0.2, 0.25) is 0 Å². The van der Waals surface area contributed by atoms with E-state index >= 15 is 0 Å². The summed E-state index contributed by atoms with van der Waals surface area (Å²) in [4.78, 5) is 0. The minimum absolute atomic E-state index is 0.0783. The summed E-state index contributed by atoms with van der Waals surface area (Å²) in [5, 5.41) is 4.29. The van der Waals surface area contributed by atoms with Crippen LogP contribution in [0.1, 0.15) is 51.3 Å². The Labute approximate surface area is 129 Å². The molecule has 114 valence electrons. The van der Waals surface area contributed by atoms with Gasteiger partial charge >= 0.3 is 0 Å². The zero-order chi connectivity index (χ0) is 15.0. The molecule has 0 saturated heterocycles. The summed E-state index contributed by atoms with van der Waals surface area (Å²) in [5.74, 6) is 5.87. The Hall–Kier alpha value is -0.430. The lowest BCUT2D eigenvalue weighted by Crippen LogP contribution is -2.51. The van der Waals surface area contributed by atoms with E-state index < -0.39 is 0 Å². The number of hydrazine groups is 1. The molecule has 1 aromatic heterocycles. The zero-order valence-corrected chi connectivity index (χ0v) is 14.3. The van der Waals surface area contributed by atoms with Crippen LogP contribution in [-0.2, 0) is 11.8 Å². The lowest BCUT2D eigenvalue weighted by Gasteiger charge is -2.46. The number of aryl methyl sites for hydroxylation is 1. The number of methoxy groups -OCH3 is 1. The van der Waals surface area contributed by atoms with Crippen LogP contribution < -0.4 is 11.3 Å². The molecule has 5 nitrogen and oxygen atoms in total. The van der Waals surface area contributed by atoms with Gasteiger partial charge in [-0.3, -0.25) is 10.5 Å². The van der Waals surface area contributed by atoms with Crippen LogP contribution in [0.15, 0.2) is 10.7 Å². The highest BCUT2D eigenvalue weighted by Gasteiger charge is 2.46. The van der Waals surface area contributed by atoms with Crippen molar-refractivity contribution in [1.29, 1.82) is 0 Å². The van der Waals surface area contributed by atoms with Gasteiger partial charge in [0.15, 0.2) is 0 Å². The quantitative estimate of drug-likeness (QED) is 0.650. The maximum Gasteiger partial charge on any atom is 0.0929 e. The summed E-state index contributed by atoms with van der Waals surface area (Å²) in [6.45, 7) is 4.63. The van der Waals surface area contributed by atoms with Gasteiger partial charge in [0.25, 0.3) is 0 Å². The van der Waals surface area contributed by atoms with Crippen molar-refractivity contribution in [1.82, 2.24) is 15.2 Å². The predicted molar refractivity (Wildman–Crippen MR) is 83.0 cm³/mol. The van der Waals surface area contributed by atoms with Gasteiger partial charge in [-0.05, 0) is 47.0 Å². The average molecular weight is 345 g/mol. The Morgan fingerprint density at radius 2 is 2.00 bits per heavy atom. The first-order valence-electron chi connectivity index (χ1n) is 7.04. The largest absolute Gasteiger partial charge is 0.376 e. The van der Waals surface area contributed by atoms with Crippen molar-refractivity contribution in [2.24, 2.45) is 18.3 Å². The summed E-state index contributed by atoms with van der Waals surface area (Å²) in [7, 11) is 3.72. The van der Waals surface area contributed by atoms with Crippen LogP contribution in [-0.4, -0.2) is 22.5 Å². The Bertz CT molecular complexity index is 442. The van der Waals surface area contributed by atoms with Crippen molar-refractivity contribution in [3.8, 4) is 0 Å². The lowest BCUT2D eigenvalue weighted by molar-refractivity contribution is -0.0894. The molecule has 1 aliphatic carbocycles. The molecule has 0 aliphatic heterocycles. The zero-order valence-electron chi connectivity index (χ0n) is 12.7. The standard InChI is InChI=1S/C14H25BrN4O/c1-13(2)5-7-14(20-4,8-6-13)12(18-16)11-10(15)9-17-19(11)3/h9,12,18H,5-8,16H2,1-4H3. The Morgan fingerprint density at radius 3 is 2.40 bits per heavy atom. The number of halogens is 1. The molecule has 0 amide bonds. The van der Waals surface area contributed by atoms with Crippen molar-refractivity contribution >= 4 is 15.9 Å². The first-order chi connectivity index (χ1) is 9.35. The molecule has 1 unspecified atom stereocenters. The summed E-state index contributed by atoms with van der Waals surface area (Å²) in [6, 6.07) is -0.0783. The van der Waals surface area contributed by atoms with Gasteiger partial charge < -0.3 is 4.74 Å². The van der Waals surface area contributed by atoms with Crippen LogP contribution >= 0.6 is 15.9 Å². The first-order valence-corrected chi connectivity index (χ1v) is 7.83. The molecule has 1 fully saturated rings. The number of nitrogens with two attached hydrogens (primary N) is 1. The fourth-order valence-corrected chi connectivity index (χ4v) is 3.76. The van der Waals surface area contributed by atoms with Gasteiger partial charge in [-0.2, -0.15) is 5.10 Å². The van der Waals surface area contributed by atoms with Crippen molar-refractivity contribution in [3.63, 3.8) is 0 Å². The molecular formula is C14H25BrN4O. The maximum atomic E-state index is 5.95. The van der Waals surface area contributed by atoms with Crippen LogP contribution in [0.5, 0.6) is 0 Å². The molecule has 20 heavy (non-hydrogen) atoms. The van der Waals surface area contributed by atoms with E-state index in [9.17, 15) is 0 Å². The second-order valence-electron chi connectivity index (χ2n) is 6.53. The number of ether oxygens (including phenoxy) is 1. The molecule has 3 N–H and O–H groups in total. The average Bonchev–Trinajstić information content (AvgIpc) is 2.74. The van der Waals surface area contributed by atoms with Gasteiger partial charge in [-0.1, -0.05) is 13.8 Å². The fourth-order valence-electron chi connectivity index (χ4n) is 3.19. The van der Waals surface area contributed by atoms with Crippen LogP contribution in [0, 0.1) is 5.41 Å². The van der Waals surface area contributed by atoms with E-state index in [1.165, 1.54) is 0 Å². The second-order valence-corrected chi connectivity index (χ2v) is 7.39. The highest BCUT2D eigenvalue weighted by atomic mass is 79.9. The third-order valence-electron chi connectivity index (χ3n) is 4.76. The van der Waals surface area contributed by atoms with E-state index in [1.807, 2.05) is 11.7 Å². The van der Waals surface area contributed by atoms with Crippen molar-refractivity contribution in [3.05, 3.63) is 16.4 Å². The third-order valence-corrected chi connectivity index (χ3v) is 5.37. The van der Waals surface area contributed by atoms with Crippen molar-refractivity contribution in [2.75, 3.05) is 7.11 Å². The van der Waals surface area contributed by atoms with Gasteiger partial charge in [0, 0.05) is 14.2 Å². The second kappa shape index (κ2) is 5.75. The fraction of sp³-hybridized carbons (Fsp3) is 0.786. The van der Waals surface area contributed by atoms with Gasteiger partial charge in [0.05, 0.1) is 28.0 Å². The normalized spacial score (nSPS) is 22.7. The van der Waals surface area contributed by atoms with E-state index in [0.29, 0.717) is 5.41 Å². The molecule has 1 aromatic rings. The highest BCUT2D eigenvalue weighted by Crippen LogP contribution is 2.47. The third kappa shape index (κ3) is 2.79. The number of rotatable bonds is 4. The topological polar surface area (TPSA) is 65.1 Å². The molecule has 0 aromatic carbocycles. The Morgan fingerprint density at radius 1 is 1.40 bits per heavy atom. The monoisotopic (exact) mass is 344 g/mol. The summed E-state index contributed by atoms with van der Waals surface area (Å²) >= 11 is 3.57. The molecule has 0 radical (unpaired) electrons. The Balaban J connectivity index is 2.34. The summed E-state index contributed by atoms with van der Waals surface area (Å²) in [6.07, 6.45) is 6.05. The molecule has 0 bridgehead atoms. The summed E-state index contributed by atoms with van der Waals surface area (Å²) < 4.78 is 8.77. The van der Waals surface area contributed by atoms with E-state index in [0.717, 1.165) is 35.8 Å². The molecule has 2 rings (SSSR count). The number of nitrogens with one attached hydrogen (secondary N) is 1. The first kappa shape index (κ1) is 15.9. The molecule has 6 heteroatoms. The van der Waals surface area contributed by atoms with E-state index in [2.05, 4.69) is 40.3 Å². The molecule has 1 heterocycles. The minimum Gasteiger partial charge on any atom is -0.376 e. The van der Waals surface area contributed by atoms with Crippen LogP contribution in [0.3, 0.4) is 0 Å². The van der Waals surface area contributed by atoms with E-state index in [1.54, 1.807) is 13.3 Å². The molecular weight excluding hydrogens is 320 g/mol. The van der Waals surface area contributed by atoms with Crippen molar-refractivity contribution in [2.45, 2.75) is 51.2 Å². The van der Waals surface area contributed by atoms with Gasteiger partial charge in [-0.25, -0.2) is 5.43 Å². The van der Waals surface area contributed by atoms with Crippen LogP contribution in [0.25, 0.3) is 0 Å². The Kier molecular flexibility index (Phi) is 4.59. The van der Waals surface area contributed by atoms with E-state index in [4.69, 9.17) is 10.6 Å². The number of aromatic nitrogens is 2. The van der Waals surface area contributed by atoms with Crippen LogP contribution in [0.4, 0.5) is 0 Å². The minimum atomic E-state index is -0.277. The molecule has 0 spiro atoms.